The summed E-state index contributed by atoms with van der Waals surface area (Å²) in [5.41, 5.74) is 6.43. The van der Waals surface area contributed by atoms with E-state index in [0.717, 1.165) is 5.56 Å². The van der Waals surface area contributed by atoms with Gasteiger partial charge in [-0.2, -0.15) is 5.26 Å². The van der Waals surface area contributed by atoms with Gasteiger partial charge in [0.2, 0.25) is 0 Å². The minimum atomic E-state index is -0.365. The summed E-state index contributed by atoms with van der Waals surface area (Å²) in [7, 11) is 0. The maximum Gasteiger partial charge on any atom is 0.0641 e. The zero-order valence-corrected chi connectivity index (χ0v) is 9.53. The first kappa shape index (κ1) is 13.5. The van der Waals surface area contributed by atoms with Crippen LogP contribution in [0, 0.1) is 11.3 Å². The number of benzene rings is 1. The Morgan fingerprint density at radius 2 is 2.07 bits per heavy atom. The molecule has 1 aromatic carbocycles. The van der Waals surface area contributed by atoms with Crippen LogP contribution in [0.2, 0.25) is 10.0 Å². The largest absolute Gasteiger partial charge is 0.323 e. The van der Waals surface area contributed by atoms with Crippen LogP contribution < -0.4 is 5.73 Å². The van der Waals surface area contributed by atoms with Crippen molar-refractivity contribution in [3.05, 3.63) is 33.8 Å². The van der Waals surface area contributed by atoms with Gasteiger partial charge in [-0.15, -0.1) is 12.4 Å². The molecule has 0 bridgehead atoms. The van der Waals surface area contributed by atoms with E-state index in [1.807, 2.05) is 6.07 Å². The molecule has 14 heavy (non-hydrogen) atoms. The van der Waals surface area contributed by atoms with Crippen LogP contribution in [-0.2, 0) is 0 Å². The van der Waals surface area contributed by atoms with Gasteiger partial charge in [0, 0.05) is 16.1 Å². The van der Waals surface area contributed by atoms with E-state index in [2.05, 4.69) is 0 Å². The average Bonchev–Trinajstić information content (AvgIpc) is 2.09. The van der Waals surface area contributed by atoms with Gasteiger partial charge in [-0.3, -0.25) is 0 Å². The first-order valence-corrected chi connectivity index (χ1v) is 4.48. The number of rotatable bonds is 2. The van der Waals surface area contributed by atoms with Crippen molar-refractivity contribution >= 4 is 35.6 Å². The second-order valence-electron chi connectivity index (χ2n) is 2.63. The fourth-order valence-electron chi connectivity index (χ4n) is 1.01. The number of hydrogen-bond donors (Lipinski definition) is 1. The van der Waals surface area contributed by atoms with Crippen molar-refractivity contribution in [3.63, 3.8) is 0 Å². The molecule has 0 aliphatic carbocycles. The number of hydrogen-bond acceptors (Lipinski definition) is 2. The zero-order chi connectivity index (χ0) is 9.84. The highest BCUT2D eigenvalue weighted by Crippen LogP contribution is 2.26. The molecule has 0 spiro atoms. The quantitative estimate of drug-likeness (QED) is 0.876. The Hall–Kier alpha value is -0.460. The summed E-state index contributed by atoms with van der Waals surface area (Å²) in [4.78, 5) is 0. The lowest BCUT2D eigenvalue weighted by atomic mass is 10.1. The van der Waals surface area contributed by atoms with Crippen molar-refractivity contribution in [3.8, 4) is 6.07 Å². The third-order valence-corrected chi connectivity index (χ3v) is 2.25. The van der Waals surface area contributed by atoms with Crippen LogP contribution in [0.5, 0.6) is 0 Å². The van der Waals surface area contributed by atoms with Crippen molar-refractivity contribution < 1.29 is 0 Å². The van der Waals surface area contributed by atoms with Gasteiger partial charge in [0.05, 0.1) is 12.5 Å². The molecule has 0 aliphatic rings. The lowest BCUT2D eigenvalue weighted by molar-refractivity contribution is 0.749. The molecule has 0 aromatic heterocycles. The molecule has 2 nitrogen and oxygen atoms in total. The number of nitriles is 1. The van der Waals surface area contributed by atoms with Crippen molar-refractivity contribution in [1.82, 2.24) is 0 Å². The van der Waals surface area contributed by atoms with Crippen LogP contribution in [-0.4, -0.2) is 0 Å². The SMILES string of the molecule is Cl.N#CC[C@H](N)c1cc(Cl)ccc1Cl. The third-order valence-electron chi connectivity index (χ3n) is 1.67. The lowest BCUT2D eigenvalue weighted by Gasteiger charge is -2.09. The standard InChI is InChI=1S/C9H8Cl2N2.ClH/c10-6-1-2-8(11)7(5-6)9(13)3-4-12;/h1-2,5,9H,3,13H2;1H/t9-;/m0./s1. The molecule has 1 atom stereocenters. The van der Waals surface area contributed by atoms with Gasteiger partial charge in [-0.05, 0) is 23.8 Å². The molecule has 0 amide bonds. The molecule has 0 aliphatic heterocycles. The summed E-state index contributed by atoms with van der Waals surface area (Å²) < 4.78 is 0. The highest BCUT2D eigenvalue weighted by atomic mass is 35.5. The van der Waals surface area contributed by atoms with Crippen LogP contribution in [0.3, 0.4) is 0 Å². The normalized spacial score (nSPS) is 11.3. The summed E-state index contributed by atoms with van der Waals surface area (Å²) in [6, 6.07) is 6.67. The first-order chi connectivity index (χ1) is 6.15. The summed E-state index contributed by atoms with van der Waals surface area (Å²) in [6.07, 6.45) is 0.236. The number of halogens is 3. The Kier molecular flexibility index (Phi) is 5.90. The second kappa shape index (κ2) is 6.10. The summed E-state index contributed by atoms with van der Waals surface area (Å²) in [5, 5.41) is 9.58. The molecule has 5 heteroatoms. The van der Waals surface area contributed by atoms with Gasteiger partial charge in [0.1, 0.15) is 0 Å². The fraction of sp³-hybridized carbons (Fsp3) is 0.222. The van der Waals surface area contributed by atoms with Gasteiger partial charge < -0.3 is 5.73 Å². The Balaban J connectivity index is 0.00000169. The molecule has 1 aromatic rings. The molecule has 0 saturated carbocycles. The average molecular weight is 252 g/mol. The van der Waals surface area contributed by atoms with Gasteiger partial charge in [0.15, 0.2) is 0 Å². The van der Waals surface area contributed by atoms with E-state index in [4.69, 9.17) is 34.2 Å². The lowest BCUT2D eigenvalue weighted by Crippen LogP contribution is -2.09. The van der Waals surface area contributed by atoms with Crippen LogP contribution in [0.25, 0.3) is 0 Å². The maximum atomic E-state index is 8.45. The van der Waals surface area contributed by atoms with E-state index in [0.29, 0.717) is 10.0 Å². The molecular weight excluding hydrogens is 242 g/mol. The molecular formula is C9H9Cl3N2. The number of nitrogens with two attached hydrogens (primary N) is 1. The van der Waals surface area contributed by atoms with Crippen LogP contribution in [0.1, 0.15) is 18.0 Å². The van der Waals surface area contributed by atoms with E-state index in [-0.39, 0.29) is 24.9 Å². The monoisotopic (exact) mass is 250 g/mol. The molecule has 0 saturated heterocycles. The van der Waals surface area contributed by atoms with E-state index in [1.165, 1.54) is 0 Å². The number of nitrogens with zero attached hydrogens (tertiary/aromatic N) is 1. The minimum absolute atomic E-state index is 0. The van der Waals surface area contributed by atoms with Gasteiger partial charge in [-0.25, -0.2) is 0 Å². The van der Waals surface area contributed by atoms with Crippen molar-refractivity contribution in [2.24, 2.45) is 5.73 Å². The Labute approximate surface area is 99.0 Å². The Morgan fingerprint density at radius 1 is 1.43 bits per heavy atom. The zero-order valence-electron chi connectivity index (χ0n) is 7.21. The highest BCUT2D eigenvalue weighted by Gasteiger charge is 2.09. The Morgan fingerprint density at radius 3 is 2.64 bits per heavy atom. The summed E-state index contributed by atoms with van der Waals surface area (Å²) in [6.45, 7) is 0. The third kappa shape index (κ3) is 3.36. The maximum absolute atomic E-state index is 8.45. The smallest absolute Gasteiger partial charge is 0.0641 e. The van der Waals surface area contributed by atoms with Gasteiger partial charge in [-0.1, -0.05) is 23.2 Å². The molecule has 76 valence electrons. The van der Waals surface area contributed by atoms with Gasteiger partial charge in [0.25, 0.3) is 0 Å². The predicted octanol–water partition coefficient (Wildman–Crippen LogP) is 3.33. The van der Waals surface area contributed by atoms with Gasteiger partial charge >= 0.3 is 0 Å². The predicted molar refractivity (Wildman–Crippen MR) is 60.9 cm³/mol. The molecule has 0 heterocycles. The highest BCUT2D eigenvalue weighted by molar-refractivity contribution is 6.33. The molecule has 0 unspecified atom stereocenters. The molecule has 1 rings (SSSR count). The second-order valence-corrected chi connectivity index (χ2v) is 3.48. The van der Waals surface area contributed by atoms with Crippen LogP contribution in [0.4, 0.5) is 0 Å². The van der Waals surface area contributed by atoms with Crippen molar-refractivity contribution in [2.45, 2.75) is 12.5 Å². The minimum Gasteiger partial charge on any atom is -0.323 e. The molecule has 2 N–H and O–H groups in total. The van der Waals surface area contributed by atoms with Crippen molar-refractivity contribution in [2.75, 3.05) is 0 Å². The first-order valence-electron chi connectivity index (χ1n) is 3.72. The van der Waals surface area contributed by atoms with Crippen LogP contribution in [0.15, 0.2) is 18.2 Å². The summed E-state index contributed by atoms with van der Waals surface area (Å²) >= 11 is 11.6. The van der Waals surface area contributed by atoms with Crippen molar-refractivity contribution in [1.29, 1.82) is 5.26 Å². The van der Waals surface area contributed by atoms with E-state index >= 15 is 0 Å². The Bertz CT molecular complexity index is 346. The molecule has 0 fully saturated rings. The van der Waals surface area contributed by atoms with E-state index in [1.54, 1.807) is 18.2 Å². The topological polar surface area (TPSA) is 49.8 Å². The molecule has 0 radical (unpaired) electrons. The summed E-state index contributed by atoms with van der Waals surface area (Å²) in [5.74, 6) is 0. The van der Waals surface area contributed by atoms with E-state index in [9.17, 15) is 0 Å². The van der Waals surface area contributed by atoms with E-state index < -0.39 is 0 Å². The van der Waals surface area contributed by atoms with Crippen LogP contribution >= 0.6 is 35.6 Å². The fourth-order valence-corrected chi connectivity index (χ4v) is 1.45.